The van der Waals surface area contributed by atoms with Crippen LogP contribution in [0.2, 0.25) is 0 Å². The number of aryl methyl sites for hydroxylation is 1. The van der Waals surface area contributed by atoms with Crippen molar-refractivity contribution in [3.8, 4) is 11.5 Å². The topological polar surface area (TPSA) is 72.9 Å². The molecular formula is C36H29NO5. The first-order valence-corrected chi connectivity index (χ1v) is 14.0. The third kappa shape index (κ3) is 3.41. The quantitative estimate of drug-likeness (QED) is 0.212. The molecule has 1 aliphatic carbocycles. The van der Waals surface area contributed by atoms with Crippen molar-refractivity contribution >= 4 is 29.1 Å². The Morgan fingerprint density at radius 3 is 2.14 bits per heavy atom. The van der Waals surface area contributed by atoms with Gasteiger partial charge < -0.3 is 14.4 Å². The summed E-state index contributed by atoms with van der Waals surface area (Å²) in [6, 6.07) is 26.0. The minimum Gasteiger partial charge on any atom is -0.497 e. The number of carbonyl (C=O) groups is 3. The molecule has 0 bridgehead atoms. The number of anilines is 1. The van der Waals surface area contributed by atoms with Crippen LogP contribution in [0.4, 0.5) is 5.69 Å². The molecule has 4 aromatic carbocycles. The first kappa shape index (κ1) is 26.0. The minimum atomic E-state index is -1.60. The molecule has 1 spiro atoms. The number of fused-ring (bicyclic) bond motifs is 5. The first-order valence-electron chi connectivity index (χ1n) is 14.0. The number of carbonyl (C=O) groups excluding carboxylic acids is 3. The second-order valence-electron chi connectivity index (χ2n) is 11.1. The lowest BCUT2D eigenvalue weighted by Gasteiger charge is -2.37. The summed E-state index contributed by atoms with van der Waals surface area (Å²) in [6.45, 7) is 1.97. The molecule has 0 unspecified atom stereocenters. The van der Waals surface area contributed by atoms with E-state index in [0.717, 1.165) is 16.8 Å². The molecule has 1 fully saturated rings. The van der Waals surface area contributed by atoms with Gasteiger partial charge in [0.2, 0.25) is 0 Å². The molecular weight excluding hydrogens is 526 g/mol. The molecule has 2 heterocycles. The monoisotopic (exact) mass is 555 g/mol. The minimum absolute atomic E-state index is 0.165. The third-order valence-electron chi connectivity index (χ3n) is 9.09. The van der Waals surface area contributed by atoms with Gasteiger partial charge in [0, 0.05) is 39.9 Å². The van der Waals surface area contributed by atoms with Crippen LogP contribution in [0.5, 0.6) is 11.5 Å². The predicted octanol–water partition coefficient (Wildman–Crippen LogP) is 6.33. The highest BCUT2D eigenvalue weighted by molar-refractivity contribution is 6.32. The van der Waals surface area contributed by atoms with E-state index in [-0.39, 0.29) is 17.3 Å². The lowest BCUT2D eigenvalue weighted by molar-refractivity contribution is 0.0665. The number of rotatable bonds is 5. The zero-order valence-electron chi connectivity index (χ0n) is 23.5. The third-order valence-corrected chi connectivity index (χ3v) is 9.09. The number of ether oxygens (including phenoxy) is 2. The number of hydrogen-bond acceptors (Lipinski definition) is 6. The van der Waals surface area contributed by atoms with Crippen LogP contribution in [-0.2, 0) is 0 Å². The van der Waals surface area contributed by atoms with Crippen molar-refractivity contribution in [1.29, 1.82) is 0 Å². The van der Waals surface area contributed by atoms with E-state index in [0.29, 0.717) is 33.8 Å². The maximum absolute atomic E-state index is 14.8. The van der Waals surface area contributed by atoms with Gasteiger partial charge in [-0.1, -0.05) is 90.5 Å². The summed E-state index contributed by atoms with van der Waals surface area (Å²) in [5.41, 5.74) is 3.06. The van der Waals surface area contributed by atoms with Crippen LogP contribution in [0, 0.1) is 12.3 Å². The number of nitrogens with zero attached hydrogens (tertiary/aromatic N) is 1. The maximum Gasteiger partial charge on any atom is 0.185 e. The van der Waals surface area contributed by atoms with Crippen LogP contribution in [0.25, 0.3) is 6.08 Å². The van der Waals surface area contributed by atoms with Crippen LogP contribution in [-0.4, -0.2) is 43.7 Å². The Morgan fingerprint density at radius 1 is 0.810 bits per heavy atom. The van der Waals surface area contributed by atoms with E-state index in [9.17, 15) is 14.4 Å². The fourth-order valence-corrected chi connectivity index (χ4v) is 7.22. The lowest BCUT2D eigenvalue weighted by Crippen LogP contribution is -2.48. The van der Waals surface area contributed by atoms with E-state index in [1.807, 2.05) is 78.6 Å². The van der Waals surface area contributed by atoms with Gasteiger partial charge >= 0.3 is 0 Å². The van der Waals surface area contributed by atoms with E-state index in [1.54, 1.807) is 50.6 Å². The average molecular weight is 556 g/mol. The Labute approximate surface area is 244 Å². The van der Waals surface area contributed by atoms with Crippen molar-refractivity contribution in [2.75, 3.05) is 19.1 Å². The van der Waals surface area contributed by atoms with Gasteiger partial charge in [-0.05, 0) is 24.6 Å². The second-order valence-corrected chi connectivity index (χ2v) is 11.1. The Bertz CT molecular complexity index is 1770. The van der Waals surface area contributed by atoms with Crippen molar-refractivity contribution in [2.24, 2.45) is 5.41 Å². The van der Waals surface area contributed by atoms with Gasteiger partial charge in [0.15, 0.2) is 17.3 Å². The van der Waals surface area contributed by atoms with E-state index < -0.39 is 23.4 Å². The molecule has 0 radical (unpaired) electrons. The van der Waals surface area contributed by atoms with Crippen molar-refractivity contribution < 1.29 is 23.9 Å². The number of benzene rings is 4. The average Bonchev–Trinajstić information content (AvgIpc) is 3.46. The molecule has 3 aliphatic rings. The molecule has 6 nitrogen and oxygen atoms in total. The predicted molar refractivity (Wildman–Crippen MR) is 161 cm³/mol. The molecule has 4 aromatic rings. The van der Waals surface area contributed by atoms with Crippen LogP contribution >= 0.6 is 0 Å². The Kier molecular flexibility index (Phi) is 5.91. The molecule has 3 atom stereocenters. The molecule has 0 amide bonds. The highest BCUT2D eigenvalue weighted by Gasteiger charge is 2.71. The number of Topliss-reactive ketones (excluding diaryl/α,β-unsaturated/α-hetero) is 3. The molecule has 0 saturated carbocycles. The zero-order chi connectivity index (χ0) is 29.2. The molecule has 7 rings (SSSR count). The smallest absolute Gasteiger partial charge is 0.185 e. The second kappa shape index (κ2) is 9.55. The number of para-hydroxylation sites is 1. The standard InChI is InChI=1S/C36H29NO5/c1-21-12-14-23(15-13-21)33(38)32-31(27-18-17-24(41-2)20-29(27)42-3)36(34(39)25-9-5-6-10-26(25)35(36)40)30-19-16-22-8-4-7-11-28(22)37(30)32/h4-20,30-32H,1-3H3/t30-,31-,32+/m1/s1. The summed E-state index contributed by atoms with van der Waals surface area (Å²) in [5.74, 6) is -0.552. The van der Waals surface area contributed by atoms with Crippen LogP contribution < -0.4 is 14.4 Å². The summed E-state index contributed by atoms with van der Waals surface area (Å²) in [5, 5.41) is 0. The van der Waals surface area contributed by atoms with Gasteiger partial charge in [-0.15, -0.1) is 0 Å². The van der Waals surface area contributed by atoms with E-state index in [4.69, 9.17) is 9.47 Å². The van der Waals surface area contributed by atoms with Crippen LogP contribution in [0.3, 0.4) is 0 Å². The van der Waals surface area contributed by atoms with Gasteiger partial charge in [0.25, 0.3) is 0 Å². The number of hydrogen-bond donors (Lipinski definition) is 0. The zero-order valence-corrected chi connectivity index (χ0v) is 23.5. The van der Waals surface area contributed by atoms with E-state index >= 15 is 0 Å². The molecule has 0 aromatic heterocycles. The summed E-state index contributed by atoms with van der Waals surface area (Å²) in [4.78, 5) is 46.4. The molecule has 1 saturated heterocycles. The molecule has 2 aliphatic heterocycles. The van der Waals surface area contributed by atoms with Crippen LogP contribution in [0.1, 0.15) is 53.7 Å². The first-order chi connectivity index (χ1) is 20.4. The van der Waals surface area contributed by atoms with Crippen molar-refractivity contribution in [3.05, 3.63) is 130 Å². The van der Waals surface area contributed by atoms with Gasteiger partial charge in [-0.3, -0.25) is 14.4 Å². The Balaban J connectivity index is 1.57. The molecule has 6 heteroatoms. The Morgan fingerprint density at radius 2 is 1.48 bits per heavy atom. The molecule has 42 heavy (non-hydrogen) atoms. The molecule has 208 valence electrons. The van der Waals surface area contributed by atoms with E-state index in [2.05, 4.69) is 0 Å². The highest BCUT2D eigenvalue weighted by atomic mass is 16.5. The summed E-state index contributed by atoms with van der Waals surface area (Å²) in [6.07, 6.45) is 3.89. The fourth-order valence-electron chi connectivity index (χ4n) is 7.22. The highest BCUT2D eigenvalue weighted by Crippen LogP contribution is 2.62. The van der Waals surface area contributed by atoms with Crippen LogP contribution in [0.15, 0.2) is 97.1 Å². The summed E-state index contributed by atoms with van der Waals surface area (Å²) >= 11 is 0. The summed E-state index contributed by atoms with van der Waals surface area (Å²) < 4.78 is 11.4. The van der Waals surface area contributed by atoms with Crippen molar-refractivity contribution in [2.45, 2.75) is 24.9 Å². The van der Waals surface area contributed by atoms with Crippen molar-refractivity contribution in [3.63, 3.8) is 0 Å². The summed E-state index contributed by atoms with van der Waals surface area (Å²) in [7, 11) is 3.12. The number of methoxy groups -OCH3 is 2. The maximum atomic E-state index is 14.8. The lowest BCUT2D eigenvalue weighted by atomic mass is 9.64. The Hall–Kier alpha value is -4.97. The fraction of sp³-hybridized carbons (Fsp3) is 0.194. The van der Waals surface area contributed by atoms with E-state index in [1.165, 1.54) is 0 Å². The normalized spacial score (nSPS) is 21.2. The largest absolute Gasteiger partial charge is 0.497 e. The van der Waals surface area contributed by atoms with Gasteiger partial charge in [-0.25, -0.2) is 0 Å². The van der Waals surface area contributed by atoms with Crippen molar-refractivity contribution in [1.82, 2.24) is 0 Å². The molecule has 0 N–H and O–H groups in total. The SMILES string of the molecule is COc1ccc([C@@H]2[C@@H](C(=O)c3ccc(C)cc3)N3c4ccccc4C=C[C@@H]3C23C(=O)c2ccccc2C3=O)c(OC)c1. The van der Waals surface area contributed by atoms with Gasteiger partial charge in [-0.2, -0.15) is 0 Å². The van der Waals surface area contributed by atoms with Gasteiger partial charge in [0.05, 0.1) is 20.3 Å². The van der Waals surface area contributed by atoms with Gasteiger partial charge in [0.1, 0.15) is 23.0 Å². The number of ketones is 3.